The van der Waals surface area contributed by atoms with E-state index < -0.39 is 0 Å². The first kappa shape index (κ1) is 27.1. The molecule has 3 aromatic rings. The van der Waals surface area contributed by atoms with E-state index in [1.54, 1.807) is 6.20 Å². The number of amides is 1. The summed E-state index contributed by atoms with van der Waals surface area (Å²) < 4.78 is 6.15. The minimum atomic E-state index is 0.165. The van der Waals surface area contributed by atoms with Crippen LogP contribution in [0.2, 0.25) is 5.02 Å². The number of hydrogen-bond donors (Lipinski definition) is 0. The van der Waals surface area contributed by atoms with E-state index in [2.05, 4.69) is 26.8 Å². The van der Waals surface area contributed by atoms with E-state index >= 15 is 0 Å². The highest BCUT2D eigenvalue weighted by Crippen LogP contribution is 2.32. The van der Waals surface area contributed by atoms with Crippen LogP contribution in [0, 0.1) is 12.8 Å². The zero-order chi connectivity index (χ0) is 26.5. The van der Waals surface area contributed by atoms with Crippen molar-refractivity contribution in [1.82, 2.24) is 29.7 Å². The fourth-order valence-corrected chi connectivity index (χ4v) is 5.96. The lowest BCUT2D eigenvalue weighted by atomic mass is 9.96. The van der Waals surface area contributed by atoms with Gasteiger partial charge in [0.2, 0.25) is 5.91 Å². The summed E-state index contributed by atoms with van der Waals surface area (Å²) in [4.78, 5) is 33.6. The Kier molecular flexibility index (Phi) is 8.99. The number of nitrogens with zero attached hydrogens (tertiary/aromatic N) is 6. The Hall–Kier alpha value is -2.46. The highest BCUT2D eigenvalue weighted by atomic mass is 35.5. The van der Waals surface area contributed by atoms with E-state index in [9.17, 15) is 4.79 Å². The van der Waals surface area contributed by atoms with Gasteiger partial charge in [-0.25, -0.2) is 15.0 Å². The van der Waals surface area contributed by atoms with Crippen LogP contribution in [0.1, 0.15) is 30.7 Å². The predicted molar refractivity (Wildman–Crippen MR) is 149 cm³/mol. The predicted octanol–water partition coefficient (Wildman–Crippen LogP) is 4.66. The highest BCUT2D eigenvalue weighted by molar-refractivity contribution is 7.98. The quantitative estimate of drug-likeness (QED) is 0.372. The van der Waals surface area contributed by atoms with Gasteiger partial charge in [-0.1, -0.05) is 23.7 Å². The molecule has 2 aliphatic rings. The van der Waals surface area contributed by atoms with Crippen molar-refractivity contribution < 1.29 is 9.21 Å². The van der Waals surface area contributed by atoms with Crippen LogP contribution in [0.25, 0.3) is 11.3 Å². The summed E-state index contributed by atoms with van der Waals surface area (Å²) in [5.41, 5.74) is 2.51. The van der Waals surface area contributed by atoms with E-state index in [1.165, 1.54) is 37.7 Å². The van der Waals surface area contributed by atoms with Crippen LogP contribution in [0.15, 0.2) is 51.3 Å². The molecule has 5 rings (SSSR count). The van der Waals surface area contributed by atoms with Crippen LogP contribution >= 0.6 is 23.4 Å². The first-order valence-electron chi connectivity index (χ1n) is 13.3. The molecule has 1 aromatic carbocycles. The molecule has 10 heteroatoms. The molecule has 0 atom stereocenters. The van der Waals surface area contributed by atoms with Crippen LogP contribution in [0.3, 0.4) is 0 Å². The van der Waals surface area contributed by atoms with Crippen LogP contribution in [-0.2, 0) is 11.2 Å². The van der Waals surface area contributed by atoms with E-state index in [4.69, 9.17) is 21.0 Å². The molecule has 2 aliphatic heterocycles. The van der Waals surface area contributed by atoms with E-state index in [0.29, 0.717) is 34.0 Å². The first-order chi connectivity index (χ1) is 18.4. The molecule has 4 heterocycles. The Morgan fingerprint density at radius 3 is 2.50 bits per heavy atom. The van der Waals surface area contributed by atoms with Gasteiger partial charge in [0.15, 0.2) is 5.16 Å². The Morgan fingerprint density at radius 2 is 1.79 bits per heavy atom. The standard InChI is InChI=1S/C28H35ClN6O2S/c1-20-9-12-30-27(31-20)38-28-32-26(22-3-5-23(29)6-4-22)24(37-28)7-8-25(36)35-17-15-34(16-18-35)19-21-10-13-33(2)14-11-21/h3-6,9,12,21H,7-8,10-11,13-19H2,1-2H3. The third-order valence-electron chi connectivity index (χ3n) is 7.39. The highest BCUT2D eigenvalue weighted by Gasteiger charge is 2.25. The van der Waals surface area contributed by atoms with Gasteiger partial charge in [-0.3, -0.25) is 9.69 Å². The molecule has 8 nitrogen and oxygen atoms in total. The minimum Gasteiger partial charge on any atom is -0.436 e. The number of halogens is 1. The molecular weight excluding hydrogens is 520 g/mol. The molecule has 0 aliphatic carbocycles. The average molecular weight is 555 g/mol. The van der Waals surface area contributed by atoms with Gasteiger partial charge in [0, 0.05) is 79.8 Å². The van der Waals surface area contributed by atoms with E-state index in [1.807, 2.05) is 42.2 Å². The van der Waals surface area contributed by atoms with E-state index in [-0.39, 0.29) is 5.91 Å². The van der Waals surface area contributed by atoms with E-state index in [0.717, 1.165) is 55.6 Å². The van der Waals surface area contributed by atoms with Crippen molar-refractivity contribution in [3.05, 3.63) is 53.0 Å². The molecule has 0 bridgehead atoms. The second-order valence-corrected chi connectivity index (χ2v) is 11.6. The van der Waals surface area contributed by atoms with Crippen molar-refractivity contribution >= 4 is 29.3 Å². The summed E-state index contributed by atoms with van der Waals surface area (Å²) in [5.74, 6) is 1.64. The summed E-state index contributed by atoms with van der Waals surface area (Å²) in [7, 11) is 2.20. The molecule has 0 spiro atoms. The number of carbonyl (C=O) groups is 1. The van der Waals surface area contributed by atoms with Crippen molar-refractivity contribution in [1.29, 1.82) is 0 Å². The topological polar surface area (TPSA) is 78.6 Å². The molecule has 0 radical (unpaired) electrons. The molecule has 202 valence electrons. The van der Waals surface area contributed by atoms with Gasteiger partial charge in [0.1, 0.15) is 11.5 Å². The maximum absolute atomic E-state index is 13.1. The SMILES string of the molecule is Cc1ccnc(Sc2nc(-c3ccc(Cl)cc3)c(CCC(=O)N3CCN(CC4CCN(C)CC4)CC3)o2)n1. The lowest BCUT2D eigenvalue weighted by Gasteiger charge is -2.38. The number of rotatable bonds is 8. The molecule has 0 unspecified atom stereocenters. The van der Waals surface area contributed by atoms with Crippen LogP contribution in [0.4, 0.5) is 0 Å². The maximum atomic E-state index is 13.1. The van der Waals surface area contributed by atoms with Gasteiger partial charge in [0.25, 0.3) is 5.22 Å². The van der Waals surface area contributed by atoms with Gasteiger partial charge in [0.05, 0.1) is 0 Å². The van der Waals surface area contributed by atoms with Crippen molar-refractivity contribution in [3.8, 4) is 11.3 Å². The molecular formula is C28H35ClN6O2S. The number of likely N-dealkylation sites (tertiary alicyclic amines) is 1. The number of piperazine rings is 1. The lowest BCUT2D eigenvalue weighted by molar-refractivity contribution is -0.133. The number of piperidine rings is 1. The Bertz CT molecular complexity index is 1220. The summed E-state index contributed by atoms with van der Waals surface area (Å²) in [6.45, 7) is 8.95. The zero-order valence-corrected chi connectivity index (χ0v) is 23.7. The number of aryl methyl sites for hydroxylation is 2. The van der Waals surface area contributed by atoms with Gasteiger partial charge < -0.3 is 14.2 Å². The summed E-state index contributed by atoms with van der Waals surface area (Å²) in [6, 6.07) is 9.37. The zero-order valence-electron chi connectivity index (χ0n) is 22.1. The molecule has 38 heavy (non-hydrogen) atoms. The van der Waals surface area contributed by atoms with Crippen LogP contribution in [0.5, 0.6) is 0 Å². The van der Waals surface area contributed by atoms with Crippen LogP contribution in [-0.4, -0.2) is 88.4 Å². The largest absolute Gasteiger partial charge is 0.436 e. The van der Waals surface area contributed by atoms with Crippen molar-refractivity contribution in [3.63, 3.8) is 0 Å². The van der Waals surface area contributed by atoms with Crippen molar-refractivity contribution in [2.75, 3.05) is 52.9 Å². The lowest BCUT2D eigenvalue weighted by Crippen LogP contribution is -2.50. The monoisotopic (exact) mass is 554 g/mol. The van der Waals surface area contributed by atoms with Crippen molar-refractivity contribution in [2.24, 2.45) is 5.92 Å². The number of carbonyl (C=O) groups excluding carboxylic acids is 1. The second kappa shape index (κ2) is 12.6. The van der Waals surface area contributed by atoms with Crippen LogP contribution < -0.4 is 0 Å². The number of hydrogen-bond acceptors (Lipinski definition) is 8. The van der Waals surface area contributed by atoms with Gasteiger partial charge in [-0.15, -0.1) is 0 Å². The fraction of sp³-hybridized carbons (Fsp3) is 0.500. The third kappa shape index (κ3) is 7.14. The smallest absolute Gasteiger partial charge is 0.264 e. The Labute approximate surface area is 233 Å². The molecule has 0 N–H and O–H groups in total. The summed E-state index contributed by atoms with van der Waals surface area (Å²) in [5, 5.41) is 1.70. The first-order valence-corrected chi connectivity index (χ1v) is 14.5. The minimum absolute atomic E-state index is 0.165. The third-order valence-corrected chi connectivity index (χ3v) is 8.37. The fourth-order valence-electron chi connectivity index (χ4n) is 5.10. The summed E-state index contributed by atoms with van der Waals surface area (Å²) in [6.07, 6.45) is 5.14. The normalized spacial score (nSPS) is 17.7. The number of oxazole rings is 1. The second-order valence-electron chi connectivity index (χ2n) is 10.3. The van der Waals surface area contributed by atoms with Gasteiger partial charge in [-0.05, 0) is 64.0 Å². The van der Waals surface area contributed by atoms with Gasteiger partial charge in [-0.2, -0.15) is 0 Å². The molecule has 1 amide bonds. The average Bonchev–Trinajstić information content (AvgIpc) is 3.32. The molecule has 0 saturated carbocycles. The molecule has 2 saturated heterocycles. The molecule has 2 fully saturated rings. The van der Waals surface area contributed by atoms with Gasteiger partial charge >= 0.3 is 0 Å². The summed E-state index contributed by atoms with van der Waals surface area (Å²) >= 11 is 7.39. The molecule has 2 aromatic heterocycles. The number of aromatic nitrogens is 3. The maximum Gasteiger partial charge on any atom is 0.264 e. The number of benzene rings is 1. The van der Waals surface area contributed by atoms with Crippen molar-refractivity contribution in [2.45, 2.75) is 43.0 Å². The Balaban J connectivity index is 1.20. The Morgan fingerprint density at radius 1 is 1.05 bits per heavy atom.